The van der Waals surface area contributed by atoms with Crippen molar-refractivity contribution in [3.63, 3.8) is 0 Å². The van der Waals surface area contributed by atoms with Gasteiger partial charge in [0, 0.05) is 11.1 Å². The second-order valence-corrected chi connectivity index (χ2v) is 3.99. The molecule has 0 aliphatic carbocycles. The fraction of sp³-hybridized carbons (Fsp3) is 0. The van der Waals surface area contributed by atoms with Gasteiger partial charge >= 0.3 is 11.5 Å². The fourth-order valence-electron chi connectivity index (χ4n) is 1.44. The molecule has 9 heteroatoms. The molecular weight excluding hydrogens is 290 g/mol. The number of hydrogen-bond donors (Lipinski definition) is 0. The molecule has 20 heavy (non-hydrogen) atoms. The Labute approximate surface area is 116 Å². The highest BCUT2D eigenvalue weighted by Gasteiger charge is 2.21. The van der Waals surface area contributed by atoms with Crippen LogP contribution in [0, 0.1) is 20.2 Å². The standard InChI is InChI=1S/C11H6ClN3O5/c12-7-3-4-9(8(6-7)14(16)17)20-10-2-1-5-13-11(10)15(18)19/h1-6H. The average Bonchev–Trinajstić information content (AvgIpc) is 2.41. The van der Waals surface area contributed by atoms with Crippen LogP contribution in [0.3, 0.4) is 0 Å². The number of aromatic nitrogens is 1. The van der Waals surface area contributed by atoms with Crippen LogP contribution in [0.25, 0.3) is 0 Å². The Kier molecular flexibility index (Phi) is 3.76. The number of nitrogens with zero attached hydrogens (tertiary/aromatic N) is 3. The predicted molar refractivity (Wildman–Crippen MR) is 69.1 cm³/mol. The Morgan fingerprint density at radius 3 is 2.50 bits per heavy atom. The van der Waals surface area contributed by atoms with Gasteiger partial charge in [0.25, 0.3) is 0 Å². The minimum absolute atomic E-state index is 0.157. The van der Waals surface area contributed by atoms with Gasteiger partial charge in [-0.2, -0.15) is 0 Å². The molecule has 1 aromatic heterocycles. The van der Waals surface area contributed by atoms with Gasteiger partial charge in [-0.15, -0.1) is 0 Å². The fourth-order valence-corrected chi connectivity index (χ4v) is 1.60. The van der Waals surface area contributed by atoms with Crippen molar-refractivity contribution in [3.8, 4) is 11.5 Å². The van der Waals surface area contributed by atoms with Crippen LogP contribution in [0.1, 0.15) is 0 Å². The number of nitro groups is 2. The summed E-state index contributed by atoms with van der Waals surface area (Å²) in [5.41, 5.74) is -0.393. The summed E-state index contributed by atoms with van der Waals surface area (Å²) in [4.78, 5) is 23.8. The summed E-state index contributed by atoms with van der Waals surface area (Å²) < 4.78 is 5.21. The lowest BCUT2D eigenvalue weighted by Crippen LogP contribution is -1.98. The van der Waals surface area contributed by atoms with E-state index >= 15 is 0 Å². The molecule has 8 nitrogen and oxygen atoms in total. The van der Waals surface area contributed by atoms with Crippen LogP contribution in [0.15, 0.2) is 36.5 Å². The number of rotatable bonds is 4. The van der Waals surface area contributed by atoms with Crippen molar-refractivity contribution in [2.24, 2.45) is 0 Å². The van der Waals surface area contributed by atoms with Crippen LogP contribution in [0.2, 0.25) is 5.02 Å². The number of halogens is 1. The predicted octanol–water partition coefficient (Wildman–Crippen LogP) is 3.34. The third-order valence-corrected chi connectivity index (χ3v) is 2.50. The van der Waals surface area contributed by atoms with E-state index in [1.54, 1.807) is 0 Å². The molecule has 1 heterocycles. The molecule has 2 aromatic rings. The SMILES string of the molecule is O=[N+]([O-])c1cc(Cl)ccc1Oc1cccnc1[N+](=O)[O-]. The van der Waals surface area contributed by atoms with Crippen molar-refractivity contribution >= 4 is 23.1 Å². The molecule has 2 rings (SSSR count). The van der Waals surface area contributed by atoms with E-state index in [4.69, 9.17) is 16.3 Å². The normalized spacial score (nSPS) is 10.1. The van der Waals surface area contributed by atoms with E-state index in [-0.39, 0.29) is 16.5 Å². The van der Waals surface area contributed by atoms with Gasteiger partial charge in [-0.25, -0.2) is 0 Å². The first-order valence-electron chi connectivity index (χ1n) is 5.20. The quantitative estimate of drug-likeness (QED) is 0.632. The van der Waals surface area contributed by atoms with E-state index in [0.29, 0.717) is 0 Å². The van der Waals surface area contributed by atoms with Gasteiger partial charge in [0.05, 0.1) is 4.92 Å². The third kappa shape index (κ3) is 2.81. The molecule has 0 saturated carbocycles. The van der Waals surface area contributed by atoms with Crippen LogP contribution < -0.4 is 4.74 Å². The third-order valence-electron chi connectivity index (χ3n) is 2.26. The molecule has 0 aliphatic heterocycles. The van der Waals surface area contributed by atoms with Crippen LogP contribution in [0.4, 0.5) is 11.5 Å². The number of benzene rings is 1. The summed E-state index contributed by atoms with van der Waals surface area (Å²) in [6, 6.07) is 6.45. The van der Waals surface area contributed by atoms with Crippen LogP contribution in [-0.4, -0.2) is 14.8 Å². The molecule has 0 atom stereocenters. The molecule has 0 unspecified atom stereocenters. The first-order valence-corrected chi connectivity index (χ1v) is 5.58. The molecule has 0 fully saturated rings. The largest absolute Gasteiger partial charge is 0.441 e. The first kappa shape index (κ1) is 13.7. The molecule has 0 bridgehead atoms. The summed E-state index contributed by atoms with van der Waals surface area (Å²) in [6.07, 6.45) is 1.22. The smallest absolute Gasteiger partial charge is 0.406 e. The summed E-state index contributed by atoms with van der Waals surface area (Å²) >= 11 is 5.67. The number of hydrogen-bond acceptors (Lipinski definition) is 6. The minimum Gasteiger partial charge on any atom is -0.441 e. The van der Waals surface area contributed by atoms with Crippen molar-refractivity contribution in [2.75, 3.05) is 0 Å². The monoisotopic (exact) mass is 295 g/mol. The van der Waals surface area contributed by atoms with Gasteiger partial charge < -0.3 is 14.9 Å². The maximum absolute atomic E-state index is 10.9. The molecular formula is C11H6ClN3O5. The molecule has 0 spiro atoms. The molecule has 0 amide bonds. The number of nitro benzene ring substituents is 1. The molecule has 0 saturated heterocycles. The molecule has 0 aliphatic rings. The zero-order valence-electron chi connectivity index (χ0n) is 9.72. The zero-order chi connectivity index (χ0) is 14.7. The highest BCUT2D eigenvalue weighted by atomic mass is 35.5. The second-order valence-electron chi connectivity index (χ2n) is 3.55. The highest BCUT2D eigenvalue weighted by Crippen LogP contribution is 2.36. The molecule has 0 N–H and O–H groups in total. The Bertz CT molecular complexity index is 692. The highest BCUT2D eigenvalue weighted by molar-refractivity contribution is 6.30. The average molecular weight is 296 g/mol. The number of pyridine rings is 1. The van der Waals surface area contributed by atoms with Gasteiger partial charge in [-0.05, 0) is 34.2 Å². The van der Waals surface area contributed by atoms with Gasteiger partial charge in [0.2, 0.25) is 11.5 Å². The maximum Gasteiger partial charge on any atom is 0.406 e. The Morgan fingerprint density at radius 2 is 1.85 bits per heavy atom. The van der Waals surface area contributed by atoms with E-state index in [9.17, 15) is 20.2 Å². The Hall–Kier alpha value is -2.74. The topological polar surface area (TPSA) is 108 Å². The van der Waals surface area contributed by atoms with Crippen LogP contribution in [-0.2, 0) is 0 Å². The summed E-state index contributed by atoms with van der Waals surface area (Å²) in [6.45, 7) is 0. The minimum atomic E-state index is -0.739. The lowest BCUT2D eigenvalue weighted by atomic mass is 10.3. The van der Waals surface area contributed by atoms with Gasteiger partial charge in [0.15, 0.2) is 0 Å². The second kappa shape index (κ2) is 5.49. The van der Waals surface area contributed by atoms with Crippen LogP contribution >= 0.6 is 11.6 Å². The Balaban J connectivity index is 2.45. The van der Waals surface area contributed by atoms with Gasteiger partial charge in [0.1, 0.15) is 6.20 Å². The summed E-state index contributed by atoms with van der Waals surface area (Å²) in [7, 11) is 0. The van der Waals surface area contributed by atoms with Gasteiger partial charge in [-0.1, -0.05) is 11.6 Å². The van der Waals surface area contributed by atoms with Crippen LogP contribution in [0.5, 0.6) is 11.5 Å². The van der Waals surface area contributed by atoms with Crippen molar-refractivity contribution in [3.05, 3.63) is 61.8 Å². The maximum atomic E-state index is 10.9. The van der Waals surface area contributed by atoms with Crippen molar-refractivity contribution < 1.29 is 14.6 Å². The van der Waals surface area contributed by atoms with E-state index in [1.165, 1.54) is 30.5 Å². The van der Waals surface area contributed by atoms with Crippen molar-refractivity contribution in [1.82, 2.24) is 4.98 Å². The van der Waals surface area contributed by atoms with Crippen molar-refractivity contribution in [2.45, 2.75) is 0 Å². The summed E-state index contributed by atoms with van der Waals surface area (Å²) in [5.74, 6) is -0.879. The summed E-state index contributed by atoms with van der Waals surface area (Å²) in [5, 5.41) is 21.9. The lowest BCUT2D eigenvalue weighted by Gasteiger charge is -2.06. The van der Waals surface area contributed by atoms with E-state index in [1.807, 2.05) is 0 Å². The molecule has 1 aromatic carbocycles. The van der Waals surface area contributed by atoms with E-state index in [2.05, 4.69) is 4.98 Å². The van der Waals surface area contributed by atoms with E-state index < -0.39 is 21.4 Å². The van der Waals surface area contributed by atoms with Crippen molar-refractivity contribution in [1.29, 1.82) is 0 Å². The Morgan fingerprint density at radius 1 is 1.10 bits per heavy atom. The zero-order valence-corrected chi connectivity index (χ0v) is 10.5. The molecule has 0 radical (unpaired) electrons. The molecule has 102 valence electrons. The van der Waals surface area contributed by atoms with Gasteiger partial charge in [-0.3, -0.25) is 10.1 Å². The van der Waals surface area contributed by atoms with E-state index in [0.717, 1.165) is 6.07 Å². The lowest BCUT2D eigenvalue weighted by molar-refractivity contribution is -0.391. The first-order chi connectivity index (χ1) is 9.49. The number of ether oxygens (including phenoxy) is 1.